The second-order valence-electron chi connectivity index (χ2n) is 9.54. The summed E-state index contributed by atoms with van der Waals surface area (Å²) in [5.41, 5.74) is 4.06. The van der Waals surface area contributed by atoms with Crippen molar-refractivity contribution in [3.05, 3.63) is 59.2 Å². The number of rotatable bonds is 7. The minimum absolute atomic E-state index is 0.0130. The van der Waals surface area contributed by atoms with E-state index in [-0.39, 0.29) is 17.7 Å². The fourth-order valence-electron chi connectivity index (χ4n) is 5.04. The van der Waals surface area contributed by atoms with Crippen LogP contribution in [0.1, 0.15) is 56.2 Å². The topological polar surface area (TPSA) is 86.8 Å². The first-order valence-corrected chi connectivity index (χ1v) is 14.0. The van der Waals surface area contributed by atoms with Crippen molar-refractivity contribution in [2.45, 2.75) is 63.8 Å². The second kappa shape index (κ2) is 10.9. The Hall–Kier alpha value is -2.71. The van der Waals surface area contributed by atoms with E-state index in [1.54, 1.807) is 17.9 Å². The van der Waals surface area contributed by atoms with Gasteiger partial charge in [0.1, 0.15) is 0 Å². The van der Waals surface area contributed by atoms with Crippen LogP contribution in [0.5, 0.6) is 0 Å². The monoisotopic (exact) mass is 497 g/mol. The lowest BCUT2D eigenvalue weighted by molar-refractivity contribution is -0.129. The molecule has 1 aliphatic carbocycles. The number of hydrogen-bond donors (Lipinski definition) is 1. The van der Waals surface area contributed by atoms with E-state index in [1.807, 2.05) is 43.3 Å². The Bertz CT molecular complexity index is 1190. The first kappa shape index (κ1) is 25.4. The number of fused-ring (bicyclic) bond motifs is 1. The van der Waals surface area contributed by atoms with Gasteiger partial charge in [0.2, 0.25) is 21.8 Å². The van der Waals surface area contributed by atoms with Gasteiger partial charge >= 0.3 is 0 Å². The number of aryl methyl sites for hydroxylation is 2. The molecule has 2 amide bonds. The molecule has 1 saturated heterocycles. The molecule has 1 N–H and O–H groups in total. The molecule has 7 nitrogen and oxygen atoms in total. The average molecular weight is 498 g/mol. The molecule has 0 bridgehead atoms. The fraction of sp³-hybridized carbons (Fsp3) is 0.481. The number of nitrogens with zero attached hydrogens (tertiary/aromatic N) is 2. The summed E-state index contributed by atoms with van der Waals surface area (Å²) < 4.78 is 28.0. The SMILES string of the molecule is CCN(Cc1cccc(NC(=O)C2CCN(S(=O)(=O)c3ccc4c(c3)CCCC4)CC2)c1)C(C)=O. The summed E-state index contributed by atoms with van der Waals surface area (Å²) in [5, 5.41) is 2.98. The maximum Gasteiger partial charge on any atom is 0.243 e. The van der Waals surface area contributed by atoms with Crippen LogP contribution in [-0.2, 0) is 39.0 Å². The van der Waals surface area contributed by atoms with E-state index in [0.717, 1.165) is 36.8 Å². The molecule has 188 valence electrons. The molecule has 2 aromatic rings. The summed E-state index contributed by atoms with van der Waals surface area (Å²) in [6.45, 7) is 5.27. The molecule has 4 rings (SSSR count). The molecule has 0 radical (unpaired) electrons. The summed E-state index contributed by atoms with van der Waals surface area (Å²) in [7, 11) is -3.56. The van der Waals surface area contributed by atoms with Crippen LogP contribution in [0.25, 0.3) is 0 Å². The van der Waals surface area contributed by atoms with Gasteiger partial charge in [0.05, 0.1) is 4.90 Å². The number of amides is 2. The highest BCUT2D eigenvalue weighted by atomic mass is 32.2. The predicted molar refractivity (Wildman–Crippen MR) is 136 cm³/mol. The number of carbonyl (C=O) groups excluding carboxylic acids is 2. The van der Waals surface area contributed by atoms with Crippen molar-refractivity contribution in [1.82, 2.24) is 9.21 Å². The van der Waals surface area contributed by atoms with Gasteiger partial charge in [0, 0.05) is 44.7 Å². The number of nitrogens with one attached hydrogen (secondary N) is 1. The molecule has 1 aliphatic heterocycles. The van der Waals surface area contributed by atoms with Gasteiger partial charge in [-0.2, -0.15) is 4.31 Å². The molecule has 0 aromatic heterocycles. The number of benzene rings is 2. The Labute approximate surface area is 208 Å². The van der Waals surface area contributed by atoms with E-state index in [2.05, 4.69) is 5.32 Å². The maximum atomic E-state index is 13.2. The lowest BCUT2D eigenvalue weighted by Gasteiger charge is -2.31. The van der Waals surface area contributed by atoms with Gasteiger partial charge in [-0.3, -0.25) is 9.59 Å². The van der Waals surface area contributed by atoms with Crippen LogP contribution in [0.15, 0.2) is 47.4 Å². The van der Waals surface area contributed by atoms with Gasteiger partial charge in [-0.25, -0.2) is 8.42 Å². The minimum Gasteiger partial charge on any atom is -0.339 e. The van der Waals surface area contributed by atoms with Crippen LogP contribution in [0.2, 0.25) is 0 Å². The third-order valence-corrected chi connectivity index (χ3v) is 9.07. The van der Waals surface area contributed by atoms with E-state index in [4.69, 9.17) is 0 Å². The number of anilines is 1. The lowest BCUT2D eigenvalue weighted by Crippen LogP contribution is -2.41. The zero-order valence-electron chi connectivity index (χ0n) is 20.6. The molecule has 1 heterocycles. The van der Waals surface area contributed by atoms with E-state index in [0.29, 0.717) is 49.6 Å². The second-order valence-corrected chi connectivity index (χ2v) is 11.5. The molecule has 2 aromatic carbocycles. The van der Waals surface area contributed by atoms with Crippen molar-refractivity contribution in [2.24, 2.45) is 5.92 Å². The molecule has 1 fully saturated rings. The molecule has 0 atom stereocenters. The zero-order chi connectivity index (χ0) is 25.0. The molecular weight excluding hydrogens is 462 g/mol. The van der Waals surface area contributed by atoms with Gasteiger partial charge in [-0.15, -0.1) is 0 Å². The number of sulfonamides is 1. The van der Waals surface area contributed by atoms with Gasteiger partial charge in [0.25, 0.3) is 0 Å². The predicted octanol–water partition coefficient (Wildman–Crippen LogP) is 3.97. The lowest BCUT2D eigenvalue weighted by atomic mass is 9.92. The molecule has 35 heavy (non-hydrogen) atoms. The smallest absolute Gasteiger partial charge is 0.243 e. The largest absolute Gasteiger partial charge is 0.339 e. The van der Waals surface area contributed by atoms with Crippen LogP contribution in [0, 0.1) is 5.92 Å². The van der Waals surface area contributed by atoms with E-state index in [1.165, 1.54) is 9.87 Å². The third-order valence-electron chi connectivity index (χ3n) is 7.18. The Morgan fingerprint density at radius 2 is 1.74 bits per heavy atom. The number of hydrogen-bond acceptors (Lipinski definition) is 4. The highest BCUT2D eigenvalue weighted by Crippen LogP contribution is 2.28. The molecule has 2 aliphatic rings. The van der Waals surface area contributed by atoms with Crippen LogP contribution >= 0.6 is 0 Å². The van der Waals surface area contributed by atoms with Gasteiger partial charge < -0.3 is 10.2 Å². The molecular formula is C27H35N3O4S. The number of carbonyl (C=O) groups is 2. The van der Waals surface area contributed by atoms with Crippen molar-refractivity contribution < 1.29 is 18.0 Å². The summed E-state index contributed by atoms with van der Waals surface area (Å²) >= 11 is 0. The van der Waals surface area contributed by atoms with Gasteiger partial charge in [-0.1, -0.05) is 18.2 Å². The Morgan fingerprint density at radius 3 is 2.43 bits per heavy atom. The summed E-state index contributed by atoms with van der Waals surface area (Å²) in [5.74, 6) is -0.316. The van der Waals surface area contributed by atoms with Crippen molar-refractivity contribution in [3.8, 4) is 0 Å². The minimum atomic E-state index is -3.56. The first-order chi connectivity index (χ1) is 16.8. The Morgan fingerprint density at radius 1 is 1.03 bits per heavy atom. The van der Waals surface area contributed by atoms with Crippen LogP contribution < -0.4 is 5.32 Å². The third kappa shape index (κ3) is 5.93. The standard InChI is InChI=1S/C27H35N3O4S/c1-3-29(20(2)31)19-21-7-6-10-25(17-21)28-27(32)23-13-15-30(16-14-23)35(33,34)26-12-11-22-8-4-5-9-24(22)18-26/h6-7,10-12,17-18,23H,3-5,8-9,13-16,19H2,1-2H3,(H,28,32). The average Bonchev–Trinajstić information content (AvgIpc) is 2.87. The van der Waals surface area contributed by atoms with E-state index >= 15 is 0 Å². The summed E-state index contributed by atoms with van der Waals surface area (Å²) in [4.78, 5) is 26.7. The summed E-state index contributed by atoms with van der Waals surface area (Å²) in [6, 6.07) is 13.1. The quantitative estimate of drug-likeness (QED) is 0.627. The molecule has 0 spiro atoms. The Balaban J connectivity index is 1.35. The zero-order valence-corrected chi connectivity index (χ0v) is 21.4. The van der Waals surface area contributed by atoms with Crippen molar-refractivity contribution in [1.29, 1.82) is 0 Å². The van der Waals surface area contributed by atoms with Crippen molar-refractivity contribution in [2.75, 3.05) is 25.0 Å². The normalized spacial score (nSPS) is 17.0. The summed E-state index contributed by atoms with van der Waals surface area (Å²) in [6.07, 6.45) is 5.20. The molecule has 8 heteroatoms. The Kier molecular flexibility index (Phi) is 7.91. The van der Waals surface area contributed by atoms with Crippen LogP contribution in [-0.4, -0.2) is 49.1 Å². The van der Waals surface area contributed by atoms with Gasteiger partial charge in [-0.05, 0) is 86.4 Å². The van der Waals surface area contributed by atoms with E-state index in [9.17, 15) is 18.0 Å². The van der Waals surface area contributed by atoms with Crippen molar-refractivity contribution >= 4 is 27.5 Å². The van der Waals surface area contributed by atoms with E-state index < -0.39 is 10.0 Å². The van der Waals surface area contributed by atoms with Crippen molar-refractivity contribution in [3.63, 3.8) is 0 Å². The molecule has 0 saturated carbocycles. The molecule has 0 unspecified atom stereocenters. The highest BCUT2D eigenvalue weighted by molar-refractivity contribution is 7.89. The maximum absolute atomic E-state index is 13.2. The number of piperidine rings is 1. The van der Waals surface area contributed by atoms with Crippen LogP contribution in [0.3, 0.4) is 0 Å². The highest BCUT2D eigenvalue weighted by Gasteiger charge is 2.32. The van der Waals surface area contributed by atoms with Crippen LogP contribution in [0.4, 0.5) is 5.69 Å². The fourth-order valence-corrected chi connectivity index (χ4v) is 6.56. The van der Waals surface area contributed by atoms with Gasteiger partial charge in [0.15, 0.2) is 0 Å². The first-order valence-electron chi connectivity index (χ1n) is 12.5.